The van der Waals surface area contributed by atoms with Gasteiger partial charge in [-0.2, -0.15) is 9.61 Å². The van der Waals surface area contributed by atoms with E-state index in [1.807, 2.05) is 4.90 Å². The largest absolute Gasteiger partial charge is 0.382 e. The van der Waals surface area contributed by atoms with Crippen molar-refractivity contribution in [2.75, 3.05) is 12.0 Å². The summed E-state index contributed by atoms with van der Waals surface area (Å²) in [5.41, 5.74) is 9.39. The van der Waals surface area contributed by atoms with E-state index in [1.54, 1.807) is 42.7 Å². The quantitative estimate of drug-likeness (QED) is 0.314. The van der Waals surface area contributed by atoms with Crippen LogP contribution in [0.25, 0.3) is 28.0 Å². The van der Waals surface area contributed by atoms with Gasteiger partial charge in [-0.3, -0.25) is 9.78 Å². The summed E-state index contributed by atoms with van der Waals surface area (Å²) in [6.45, 7) is 0. The fourth-order valence-electron chi connectivity index (χ4n) is 6.42. The number of anilines is 1. The molecule has 42 heavy (non-hydrogen) atoms. The molecule has 12 nitrogen and oxygen atoms in total. The van der Waals surface area contributed by atoms with E-state index in [4.69, 9.17) is 10.7 Å². The summed E-state index contributed by atoms with van der Waals surface area (Å²) in [5.74, 6) is -0.669. The van der Waals surface area contributed by atoms with Crippen LogP contribution in [0, 0.1) is 5.82 Å². The lowest BCUT2D eigenvalue weighted by atomic mass is 9.87. The molecule has 2 aliphatic rings. The van der Waals surface area contributed by atoms with Gasteiger partial charge in [0.2, 0.25) is 5.82 Å². The van der Waals surface area contributed by atoms with Crippen molar-refractivity contribution >= 4 is 27.2 Å². The minimum absolute atomic E-state index is 0.0211. The molecule has 3 N–H and O–H groups in total. The zero-order chi connectivity index (χ0) is 29.2. The van der Waals surface area contributed by atoms with Crippen molar-refractivity contribution in [2.45, 2.75) is 48.6 Å². The minimum Gasteiger partial charge on any atom is -0.382 e. The second kappa shape index (κ2) is 9.69. The molecule has 0 spiro atoms. The number of hydrogen-bond donors (Lipinski definition) is 2. The molecular weight excluding hydrogens is 561 g/mol. The number of nitrogens with two attached hydrogens (primary N) is 1. The summed E-state index contributed by atoms with van der Waals surface area (Å²) in [5, 5.41) is 12.0. The number of aromatic nitrogens is 7. The summed E-state index contributed by atoms with van der Waals surface area (Å²) in [6, 6.07) is 9.71. The van der Waals surface area contributed by atoms with Crippen LogP contribution < -0.4 is 5.73 Å². The first-order valence-electron chi connectivity index (χ1n) is 13.5. The first-order valence-corrected chi connectivity index (χ1v) is 15.4. The predicted octanol–water partition coefficient (Wildman–Crippen LogP) is 3.25. The smallest absolute Gasteiger partial charge is 0.292 e. The number of amides is 1. The zero-order valence-corrected chi connectivity index (χ0v) is 23.3. The van der Waals surface area contributed by atoms with Crippen molar-refractivity contribution in [3.63, 3.8) is 0 Å². The monoisotopic (exact) mass is 587 g/mol. The third-order valence-electron chi connectivity index (χ3n) is 8.23. The van der Waals surface area contributed by atoms with Gasteiger partial charge in [-0.15, -0.1) is 10.2 Å². The van der Waals surface area contributed by atoms with E-state index in [0.717, 1.165) is 19.1 Å². The van der Waals surface area contributed by atoms with Crippen molar-refractivity contribution in [2.24, 2.45) is 0 Å². The summed E-state index contributed by atoms with van der Waals surface area (Å²) in [7, 11) is -3.78. The molecule has 7 rings (SSSR count). The van der Waals surface area contributed by atoms with Crippen LogP contribution in [0.5, 0.6) is 0 Å². The fraction of sp³-hybridized carbons (Fsp3) is 0.286. The predicted molar refractivity (Wildman–Crippen MR) is 150 cm³/mol. The summed E-state index contributed by atoms with van der Waals surface area (Å²) < 4.78 is 41.7. The fourth-order valence-corrected chi connectivity index (χ4v) is 7.48. The van der Waals surface area contributed by atoms with Crippen molar-refractivity contribution in [3.8, 4) is 22.4 Å². The average molecular weight is 588 g/mol. The Labute approximate surface area is 239 Å². The first-order chi connectivity index (χ1) is 20.2. The summed E-state index contributed by atoms with van der Waals surface area (Å²) in [6.07, 6.45) is 8.31. The normalized spacial score (nSPS) is 20.3. The van der Waals surface area contributed by atoms with Crippen LogP contribution >= 0.6 is 0 Å². The van der Waals surface area contributed by atoms with Crippen molar-refractivity contribution in [1.29, 1.82) is 0 Å². The molecule has 2 aliphatic heterocycles. The molecule has 1 amide bonds. The van der Waals surface area contributed by atoms with E-state index in [9.17, 15) is 17.6 Å². The van der Waals surface area contributed by atoms with Crippen LogP contribution in [0.4, 0.5) is 10.2 Å². The Morgan fingerprint density at radius 2 is 1.83 bits per heavy atom. The third-order valence-corrected chi connectivity index (χ3v) is 9.39. The molecule has 2 bridgehead atoms. The Hall–Kier alpha value is -4.72. The highest BCUT2D eigenvalue weighted by Gasteiger charge is 2.46. The van der Waals surface area contributed by atoms with Crippen LogP contribution in [0.1, 0.15) is 47.9 Å². The maximum absolute atomic E-state index is 14.3. The second-order valence-electron chi connectivity index (χ2n) is 10.8. The van der Waals surface area contributed by atoms with E-state index < -0.39 is 9.84 Å². The maximum atomic E-state index is 14.3. The average Bonchev–Trinajstić information content (AvgIpc) is 3.71. The molecule has 0 unspecified atom stereocenters. The Balaban J connectivity index is 1.28. The molecule has 0 radical (unpaired) electrons. The number of nitrogens with zero attached hydrogens (tertiary/aromatic N) is 7. The number of fused-ring (bicyclic) bond motifs is 3. The van der Waals surface area contributed by atoms with Gasteiger partial charge in [0.05, 0.1) is 17.6 Å². The molecule has 4 aromatic heterocycles. The molecule has 3 atom stereocenters. The number of aromatic amines is 1. The van der Waals surface area contributed by atoms with Gasteiger partial charge in [-0.25, -0.2) is 17.8 Å². The summed E-state index contributed by atoms with van der Waals surface area (Å²) in [4.78, 5) is 27.1. The van der Waals surface area contributed by atoms with Crippen LogP contribution in [-0.2, 0) is 9.84 Å². The van der Waals surface area contributed by atoms with Crippen molar-refractivity contribution in [3.05, 3.63) is 72.5 Å². The second-order valence-corrected chi connectivity index (χ2v) is 12.7. The number of benzene rings is 1. The Morgan fingerprint density at radius 3 is 2.48 bits per heavy atom. The molecule has 2 fully saturated rings. The van der Waals surface area contributed by atoms with Crippen molar-refractivity contribution < 1.29 is 17.6 Å². The van der Waals surface area contributed by atoms with E-state index in [1.165, 1.54) is 16.9 Å². The highest BCUT2D eigenvalue weighted by molar-refractivity contribution is 7.91. The molecule has 6 heterocycles. The first kappa shape index (κ1) is 26.2. The number of H-pyrrole nitrogens is 1. The topological polar surface area (TPSA) is 165 Å². The van der Waals surface area contributed by atoms with Crippen molar-refractivity contribution in [1.82, 2.24) is 39.7 Å². The summed E-state index contributed by atoms with van der Waals surface area (Å²) >= 11 is 0. The van der Waals surface area contributed by atoms with Gasteiger partial charge in [0.25, 0.3) is 5.91 Å². The number of nitrogen functional groups attached to an aromatic ring is 1. The number of nitrogens with one attached hydrogen (secondary N) is 1. The molecule has 2 saturated heterocycles. The maximum Gasteiger partial charge on any atom is 0.292 e. The lowest BCUT2D eigenvalue weighted by molar-refractivity contribution is 0.0556. The van der Waals surface area contributed by atoms with Crippen LogP contribution in [-0.4, -0.2) is 72.3 Å². The molecule has 0 aliphatic carbocycles. The number of pyridine rings is 1. The van der Waals surface area contributed by atoms with Gasteiger partial charge in [-0.1, -0.05) is 18.2 Å². The lowest BCUT2D eigenvalue weighted by Crippen LogP contribution is -2.46. The van der Waals surface area contributed by atoms with Crippen LogP contribution in [0.15, 0.2) is 60.0 Å². The van der Waals surface area contributed by atoms with Gasteiger partial charge < -0.3 is 15.6 Å². The number of rotatable bonds is 5. The van der Waals surface area contributed by atoms with Gasteiger partial charge in [0, 0.05) is 47.1 Å². The number of carbonyl (C=O) groups excluding carboxylic acids is 1. The highest BCUT2D eigenvalue weighted by atomic mass is 32.2. The number of sulfone groups is 1. The Bertz CT molecular complexity index is 1930. The molecule has 1 aromatic carbocycles. The SMILES string of the molecule is CS(=O)(=O)c1c([C@H]2C[C@H]3CC[C@@H](C2)N3C(=O)c2nnc[nH]2)nc2c(-c3ccc(-c4ccccc4F)nc3)cnn2c1N. The Morgan fingerprint density at radius 1 is 1.07 bits per heavy atom. The van der Waals surface area contributed by atoms with Gasteiger partial charge in [0.15, 0.2) is 15.5 Å². The van der Waals surface area contributed by atoms with E-state index in [2.05, 4.69) is 25.3 Å². The third kappa shape index (κ3) is 4.21. The van der Waals surface area contributed by atoms with Gasteiger partial charge in [0.1, 0.15) is 22.9 Å². The highest BCUT2D eigenvalue weighted by Crippen LogP contribution is 2.45. The van der Waals surface area contributed by atoms with Crippen LogP contribution in [0.2, 0.25) is 0 Å². The molecule has 14 heteroatoms. The Kier molecular flexibility index (Phi) is 6.04. The number of hydrogen-bond acceptors (Lipinski definition) is 9. The van der Waals surface area contributed by atoms with Gasteiger partial charge >= 0.3 is 0 Å². The standard InChI is InChI=1S/C28H26FN9O3S/c1-42(40,41)24-23(16-10-17-7-8-18(11-16)37(17)28(39)26-32-14-33-36-26)35-27-20(13-34-38(27)25(24)30)15-6-9-22(31-12-15)19-4-2-3-5-21(19)29/h2-6,9,12-14,16-18H,7-8,10-11,30H2,1H3,(H,32,33,36)/t16-,17+,18-. The number of carbonyl (C=O) groups is 1. The van der Waals surface area contributed by atoms with E-state index in [0.29, 0.717) is 46.6 Å². The number of halogens is 1. The lowest BCUT2D eigenvalue weighted by Gasteiger charge is -2.38. The van der Waals surface area contributed by atoms with E-state index in [-0.39, 0.29) is 46.3 Å². The molecular formula is C28H26FN9O3S. The number of piperidine rings is 1. The van der Waals surface area contributed by atoms with Crippen LogP contribution in [0.3, 0.4) is 0 Å². The van der Waals surface area contributed by atoms with E-state index >= 15 is 0 Å². The molecule has 5 aromatic rings. The molecule has 214 valence electrons. The zero-order valence-electron chi connectivity index (χ0n) is 22.5. The molecule has 0 saturated carbocycles. The van der Waals surface area contributed by atoms with Gasteiger partial charge in [-0.05, 0) is 43.9 Å². The minimum atomic E-state index is -3.78.